The summed E-state index contributed by atoms with van der Waals surface area (Å²) in [6, 6.07) is 18.6. The Morgan fingerprint density at radius 3 is 2.68 bits per heavy atom. The minimum atomic E-state index is -0.351. The van der Waals surface area contributed by atoms with Gasteiger partial charge in [0, 0.05) is 29.8 Å². The molecule has 0 aliphatic carbocycles. The summed E-state index contributed by atoms with van der Waals surface area (Å²) in [5.41, 5.74) is 2.35. The molecule has 1 saturated heterocycles. The second-order valence-corrected chi connectivity index (χ2v) is 6.75. The minimum absolute atomic E-state index is 0.112. The molecule has 0 bridgehead atoms. The molecule has 0 saturated carbocycles. The molecule has 0 radical (unpaired) electrons. The lowest BCUT2D eigenvalue weighted by molar-refractivity contribution is 0.0562. The third-order valence-corrected chi connectivity index (χ3v) is 4.58. The number of hydrogen-bond donors (Lipinski definition) is 2. The van der Waals surface area contributed by atoms with E-state index >= 15 is 0 Å². The van der Waals surface area contributed by atoms with Gasteiger partial charge in [-0.05, 0) is 30.2 Å². The molecule has 2 aromatic rings. The van der Waals surface area contributed by atoms with Crippen molar-refractivity contribution in [2.45, 2.75) is 25.1 Å². The van der Waals surface area contributed by atoms with E-state index in [2.05, 4.69) is 50.4 Å². The highest BCUT2D eigenvalue weighted by Gasteiger charge is 2.27. The van der Waals surface area contributed by atoms with Gasteiger partial charge in [-0.15, -0.1) is 0 Å². The smallest absolute Gasteiger partial charge is 0.0868 e. The van der Waals surface area contributed by atoms with Crippen molar-refractivity contribution in [3.63, 3.8) is 0 Å². The molecule has 1 heterocycles. The first-order chi connectivity index (χ1) is 10.7. The largest absolute Gasteiger partial charge is 0.390 e. The fourth-order valence-corrected chi connectivity index (χ4v) is 3.34. The molecule has 3 nitrogen and oxygen atoms in total. The number of nitrogens with one attached hydrogen (secondary N) is 1. The van der Waals surface area contributed by atoms with Crippen LogP contribution in [0.3, 0.4) is 0 Å². The Labute approximate surface area is 140 Å². The predicted molar refractivity (Wildman–Crippen MR) is 93.9 cm³/mol. The summed E-state index contributed by atoms with van der Waals surface area (Å²) >= 11 is 3.48. The Hall–Kier alpha value is -1.36. The number of likely N-dealkylation sites (tertiary alicyclic amines) is 1. The summed E-state index contributed by atoms with van der Waals surface area (Å²) in [5, 5.41) is 13.9. The molecule has 116 valence electrons. The van der Waals surface area contributed by atoms with Crippen LogP contribution in [-0.4, -0.2) is 35.2 Å². The van der Waals surface area contributed by atoms with Crippen molar-refractivity contribution < 1.29 is 5.11 Å². The number of aliphatic hydroxyl groups excluding tert-OH is 1. The van der Waals surface area contributed by atoms with Crippen LogP contribution in [0.4, 0.5) is 5.69 Å². The molecule has 4 heteroatoms. The molecule has 1 aliphatic heterocycles. The summed E-state index contributed by atoms with van der Waals surface area (Å²) in [5.74, 6) is 0. The topological polar surface area (TPSA) is 35.5 Å². The number of halogens is 1. The Bertz CT molecular complexity index is 605. The highest BCUT2D eigenvalue weighted by Crippen LogP contribution is 2.21. The van der Waals surface area contributed by atoms with Crippen LogP contribution in [-0.2, 0) is 6.54 Å². The summed E-state index contributed by atoms with van der Waals surface area (Å²) in [6.07, 6.45) is 0.594. The van der Waals surface area contributed by atoms with Crippen LogP contribution in [0.25, 0.3) is 0 Å². The van der Waals surface area contributed by atoms with E-state index in [-0.39, 0.29) is 12.1 Å². The Kier molecular flexibility index (Phi) is 5.13. The van der Waals surface area contributed by atoms with Crippen LogP contribution < -0.4 is 5.32 Å². The zero-order chi connectivity index (χ0) is 15.4. The number of benzene rings is 2. The van der Waals surface area contributed by atoms with Gasteiger partial charge in [0.2, 0.25) is 0 Å². The number of piperidine rings is 1. The van der Waals surface area contributed by atoms with Gasteiger partial charge in [-0.1, -0.05) is 52.3 Å². The maximum Gasteiger partial charge on any atom is 0.0868 e. The van der Waals surface area contributed by atoms with Crippen molar-refractivity contribution in [1.29, 1.82) is 0 Å². The van der Waals surface area contributed by atoms with Gasteiger partial charge >= 0.3 is 0 Å². The lowest BCUT2D eigenvalue weighted by atomic mass is 10.0. The average molecular weight is 361 g/mol. The molecule has 1 fully saturated rings. The molecule has 3 rings (SSSR count). The maximum atomic E-state index is 10.4. The maximum absolute atomic E-state index is 10.4. The number of anilines is 1. The van der Waals surface area contributed by atoms with E-state index in [9.17, 15) is 5.11 Å². The molecule has 0 aromatic heterocycles. The predicted octanol–water partition coefficient (Wildman–Crippen LogP) is 3.50. The average Bonchev–Trinajstić information content (AvgIpc) is 2.51. The molecular formula is C18H21BrN2O. The van der Waals surface area contributed by atoms with E-state index < -0.39 is 0 Å². The van der Waals surface area contributed by atoms with Crippen molar-refractivity contribution in [3.05, 3.63) is 64.6 Å². The second kappa shape index (κ2) is 7.27. The molecule has 1 aliphatic rings. The van der Waals surface area contributed by atoms with Crippen LogP contribution in [0.1, 0.15) is 12.0 Å². The monoisotopic (exact) mass is 360 g/mol. The van der Waals surface area contributed by atoms with Crippen LogP contribution in [0.5, 0.6) is 0 Å². The molecule has 0 amide bonds. The van der Waals surface area contributed by atoms with Gasteiger partial charge in [0.15, 0.2) is 0 Å². The standard InChI is InChI=1S/C18H21BrN2O/c19-15-7-4-8-16(11-15)20-17-9-10-21(13-18(17)22)12-14-5-2-1-3-6-14/h1-8,11,17-18,20,22H,9-10,12-13H2. The third kappa shape index (κ3) is 4.09. The number of nitrogens with zero attached hydrogens (tertiary/aromatic N) is 1. The number of β-amino-alcohol motifs (C(OH)–C–C–N with tert-alkyl or cyclic N) is 1. The Morgan fingerprint density at radius 1 is 1.14 bits per heavy atom. The second-order valence-electron chi connectivity index (χ2n) is 5.84. The van der Waals surface area contributed by atoms with E-state index in [0.717, 1.165) is 29.7 Å². The minimum Gasteiger partial charge on any atom is -0.390 e. The highest BCUT2D eigenvalue weighted by atomic mass is 79.9. The molecule has 2 atom stereocenters. The molecule has 0 spiro atoms. The fraction of sp³-hybridized carbons (Fsp3) is 0.333. The highest BCUT2D eigenvalue weighted by molar-refractivity contribution is 9.10. The first-order valence-corrected chi connectivity index (χ1v) is 8.46. The van der Waals surface area contributed by atoms with E-state index in [1.807, 2.05) is 30.3 Å². The van der Waals surface area contributed by atoms with Crippen molar-refractivity contribution >= 4 is 21.6 Å². The molecule has 22 heavy (non-hydrogen) atoms. The SMILES string of the molecule is OC1CN(Cc2ccccc2)CCC1Nc1cccc(Br)c1. The van der Waals surface area contributed by atoms with E-state index in [0.29, 0.717) is 6.54 Å². The molecule has 2 N–H and O–H groups in total. The van der Waals surface area contributed by atoms with Gasteiger partial charge in [-0.25, -0.2) is 0 Å². The van der Waals surface area contributed by atoms with Crippen molar-refractivity contribution in [2.24, 2.45) is 0 Å². The quantitative estimate of drug-likeness (QED) is 0.875. The van der Waals surface area contributed by atoms with Gasteiger partial charge in [-0.2, -0.15) is 0 Å². The van der Waals surface area contributed by atoms with Crippen LogP contribution in [0, 0.1) is 0 Å². The third-order valence-electron chi connectivity index (χ3n) is 4.09. The van der Waals surface area contributed by atoms with E-state index in [1.165, 1.54) is 5.56 Å². The Morgan fingerprint density at radius 2 is 1.95 bits per heavy atom. The first kappa shape index (κ1) is 15.5. The summed E-state index contributed by atoms with van der Waals surface area (Å²) in [4.78, 5) is 2.32. The number of aliphatic hydroxyl groups is 1. The van der Waals surface area contributed by atoms with E-state index in [4.69, 9.17) is 0 Å². The van der Waals surface area contributed by atoms with Crippen molar-refractivity contribution in [2.75, 3.05) is 18.4 Å². The van der Waals surface area contributed by atoms with Crippen molar-refractivity contribution in [3.8, 4) is 0 Å². The van der Waals surface area contributed by atoms with E-state index in [1.54, 1.807) is 0 Å². The van der Waals surface area contributed by atoms with Crippen molar-refractivity contribution in [1.82, 2.24) is 4.90 Å². The summed E-state index contributed by atoms with van der Waals surface area (Å²) in [7, 11) is 0. The van der Waals surface area contributed by atoms with Crippen LogP contribution >= 0.6 is 15.9 Å². The lowest BCUT2D eigenvalue weighted by Crippen LogP contribution is -2.49. The number of rotatable bonds is 4. The zero-order valence-corrected chi connectivity index (χ0v) is 14.0. The van der Waals surface area contributed by atoms with Gasteiger partial charge in [0.25, 0.3) is 0 Å². The molecular weight excluding hydrogens is 340 g/mol. The number of hydrogen-bond acceptors (Lipinski definition) is 3. The van der Waals surface area contributed by atoms with Crippen LogP contribution in [0.15, 0.2) is 59.1 Å². The zero-order valence-electron chi connectivity index (χ0n) is 12.5. The van der Waals surface area contributed by atoms with Crippen LogP contribution in [0.2, 0.25) is 0 Å². The summed E-state index contributed by atoms with van der Waals surface area (Å²) in [6.45, 7) is 2.61. The van der Waals surface area contributed by atoms with Gasteiger partial charge in [-0.3, -0.25) is 4.90 Å². The van der Waals surface area contributed by atoms with Gasteiger partial charge in [0.05, 0.1) is 12.1 Å². The summed E-state index contributed by atoms with van der Waals surface area (Å²) < 4.78 is 1.05. The fourth-order valence-electron chi connectivity index (χ4n) is 2.94. The normalized spacial score (nSPS) is 22.5. The molecule has 2 unspecified atom stereocenters. The first-order valence-electron chi connectivity index (χ1n) is 7.67. The molecule has 2 aromatic carbocycles. The lowest BCUT2D eigenvalue weighted by Gasteiger charge is -2.36. The van der Waals surface area contributed by atoms with Gasteiger partial charge < -0.3 is 10.4 Å². The van der Waals surface area contributed by atoms with Gasteiger partial charge in [0.1, 0.15) is 0 Å². The Balaban J connectivity index is 1.56.